The van der Waals surface area contributed by atoms with Crippen molar-refractivity contribution in [3.8, 4) is 6.07 Å². The summed E-state index contributed by atoms with van der Waals surface area (Å²) in [4.78, 5) is 3.07. The fraction of sp³-hybridized carbons (Fsp3) is 0.333. The summed E-state index contributed by atoms with van der Waals surface area (Å²) in [6, 6.07) is 2.15. The van der Waals surface area contributed by atoms with Gasteiger partial charge in [-0.25, -0.2) is 0 Å². The molecule has 0 fully saturated rings. The molecule has 0 aliphatic rings. The molecule has 3 heteroatoms. The number of pyridine rings is 1. The van der Waals surface area contributed by atoms with Crippen LogP contribution in [0, 0.1) is 29.8 Å². The monoisotopic (exact) mass is 218 g/mol. The molecule has 0 saturated carbocycles. The molecular weight excluding hydrogens is 204 g/mol. The number of aromatic amines is 1. The fourth-order valence-corrected chi connectivity index (χ4v) is 1.94. The Kier molecular flexibility index (Phi) is 3.81. The van der Waals surface area contributed by atoms with Gasteiger partial charge in [0.15, 0.2) is 0 Å². The van der Waals surface area contributed by atoms with Crippen LogP contribution in [0.2, 0.25) is 0 Å². The van der Waals surface area contributed by atoms with E-state index in [1.165, 1.54) is 5.56 Å². The lowest BCUT2D eigenvalue weighted by atomic mass is 10.0. The number of aryl methyl sites for hydroxylation is 1. The van der Waals surface area contributed by atoms with E-state index in [9.17, 15) is 0 Å². The highest BCUT2D eigenvalue weighted by molar-refractivity contribution is 7.71. The highest BCUT2D eigenvalue weighted by atomic mass is 32.1. The summed E-state index contributed by atoms with van der Waals surface area (Å²) in [5.74, 6) is 0. The number of hydrogen-bond acceptors (Lipinski definition) is 2. The summed E-state index contributed by atoms with van der Waals surface area (Å²) in [7, 11) is 0. The lowest BCUT2D eigenvalue weighted by molar-refractivity contribution is 1.05. The minimum atomic E-state index is 0.539. The van der Waals surface area contributed by atoms with Gasteiger partial charge >= 0.3 is 0 Å². The molecular formula is C12H14N2S. The van der Waals surface area contributed by atoms with Crippen LogP contribution < -0.4 is 0 Å². The second-order valence-corrected chi connectivity index (χ2v) is 3.85. The predicted molar refractivity (Wildman–Crippen MR) is 64.3 cm³/mol. The molecule has 0 saturated heterocycles. The number of allylic oxidation sites excluding steroid dienone is 2. The molecule has 0 aliphatic carbocycles. The van der Waals surface area contributed by atoms with E-state index in [1.54, 1.807) is 0 Å². The Hall–Kier alpha value is -1.40. The minimum Gasteiger partial charge on any atom is -0.349 e. The molecule has 78 valence electrons. The molecule has 0 unspecified atom stereocenters. The molecule has 1 heterocycles. The maximum atomic E-state index is 8.99. The van der Waals surface area contributed by atoms with Crippen LogP contribution in [-0.4, -0.2) is 4.98 Å². The first-order valence-corrected chi connectivity index (χ1v) is 5.26. The second kappa shape index (κ2) is 4.90. The van der Waals surface area contributed by atoms with Gasteiger partial charge in [0.25, 0.3) is 0 Å². The van der Waals surface area contributed by atoms with Gasteiger partial charge < -0.3 is 4.98 Å². The van der Waals surface area contributed by atoms with Crippen molar-refractivity contribution in [3.63, 3.8) is 0 Å². The van der Waals surface area contributed by atoms with E-state index in [0.717, 1.165) is 17.7 Å². The van der Waals surface area contributed by atoms with Gasteiger partial charge in [-0.1, -0.05) is 24.4 Å². The van der Waals surface area contributed by atoms with E-state index in [0.29, 0.717) is 10.2 Å². The van der Waals surface area contributed by atoms with Crippen molar-refractivity contribution < 1.29 is 0 Å². The average molecular weight is 218 g/mol. The zero-order valence-corrected chi connectivity index (χ0v) is 10.0. The SMILES string of the molecule is CC=CCc1c(C)[nH]c(=S)c(C#N)c1C. The van der Waals surface area contributed by atoms with E-state index in [1.807, 2.05) is 26.8 Å². The summed E-state index contributed by atoms with van der Waals surface area (Å²) in [5.41, 5.74) is 3.81. The number of nitrogens with zero attached hydrogens (tertiary/aromatic N) is 1. The number of hydrogen-bond donors (Lipinski definition) is 1. The Morgan fingerprint density at radius 3 is 2.67 bits per heavy atom. The third kappa shape index (κ3) is 2.34. The molecule has 1 aromatic rings. The van der Waals surface area contributed by atoms with Crippen molar-refractivity contribution in [1.82, 2.24) is 4.98 Å². The van der Waals surface area contributed by atoms with Gasteiger partial charge in [-0.3, -0.25) is 0 Å². The molecule has 0 radical (unpaired) electrons. The lowest BCUT2D eigenvalue weighted by Crippen LogP contribution is -2.00. The van der Waals surface area contributed by atoms with Crippen LogP contribution in [0.4, 0.5) is 0 Å². The standard InChI is InChI=1S/C12H14N2S/c1-4-5-6-10-8(2)11(7-13)12(15)14-9(10)3/h4-5H,6H2,1-3H3,(H,14,15). The Bertz CT molecular complexity index is 490. The molecule has 1 rings (SSSR count). The van der Waals surface area contributed by atoms with E-state index in [-0.39, 0.29) is 0 Å². The van der Waals surface area contributed by atoms with Crippen molar-refractivity contribution in [2.45, 2.75) is 27.2 Å². The number of aromatic nitrogens is 1. The normalized spacial score (nSPS) is 10.5. The predicted octanol–water partition coefficient (Wildman–Crippen LogP) is 3.35. The van der Waals surface area contributed by atoms with Crippen LogP contribution in [0.3, 0.4) is 0 Å². The van der Waals surface area contributed by atoms with Crippen molar-refractivity contribution in [2.75, 3.05) is 0 Å². The molecule has 0 bridgehead atoms. The van der Waals surface area contributed by atoms with Crippen LogP contribution >= 0.6 is 12.2 Å². The Morgan fingerprint density at radius 2 is 2.13 bits per heavy atom. The molecule has 0 atom stereocenters. The first-order chi connectivity index (χ1) is 7.11. The number of nitrogens with one attached hydrogen (secondary N) is 1. The van der Waals surface area contributed by atoms with Gasteiger partial charge in [0.05, 0.1) is 5.56 Å². The van der Waals surface area contributed by atoms with Gasteiger partial charge in [0, 0.05) is 5.69 Å². The molecule has 0 aromatic carbocycles. The molecule has 1 aromatic heterocycles. The molecule has 2 nitrogen and oxygen atoms in total. The van der Waals surface area contributed by atoms with Gasteiger partial charge in [-0.05, 0) is 38.3 Å². The minimum absolute atomic E-state index is 0.539. The zero-order chi connectivity index (χ0) is 11.4. The Labute approximate surface area is 95.3 Å². The maximum Gasteiger partial charge on any atom is 0.121 e. The van der Waals surface area contributed by atoms with Gasteiger partial charge in [0.2, 0.25) is 0 Å². The largest absolute Gasteiger partial charge is 0.349 e. The molecule has 1 N–H and O–H groups in total. The summed E-state index contributed by atoms with van der Waals surface area (Å²) in [5, 5.41) is 8.99. The number of H-pyrrole nitrogens is 1. The highest BCUT2D eigenvalue weighted by Crippen LogP contribution is 2.17. The summed E-state index contributed by atoms with van der Waals surface area (Å²) >= 11 is 5.10. The van der Waals surface area contributed by atoms with Gasteiger partial charge in [0.1, 0.15) is 10.7 Å². The quantitative estimate of drug-likeness (QED) is 0.610. The van der Waals surface area contributed by atoms with Crippen molar-refractivity contribution in [2.24, 2.45) is 0 Å². The molecule has 0 spiro atoms. The third-order valence-corrected chi connectivity index (χ3v) is 2.78. The van der Waals surface area contributed by atoms with E-state index in [2.05, 4.69) is 17.1 Å². The van der Waals surface area contributed by atoms with Crippen molar-refractivity contribution in [1.29, 1.82) is 5.26 Å². The highest BCUT2D eigenvalue weighted by Gasteiger charge is 2.08. The van der Waals surface area contributed by atoms with Crippen LogP contribution in [0.5, 0.6) is 0 Å². The smallest absolute Gasteiger partial charge is 0.121 e. The first-order valence-electron chi connectivity index (χ1n) is 4.85. The van der Waals surface area contributed by atoms with Crippen molar-refractivity contribution in [3.05, 3.63) is 39.2 Å². The second-order valence-electron chi connectivity index (χ2n) is 3.44. The van der Waals surface area contributed by atoms with E-state index >= 15 is 0 Å². The van der Waals surface area contributed by atoms with Crippen LogP contribution in [-0.2, 0) is 6.42 Å². The summed E-state index contributed by atoms with van der Waals surface area (Å²) in [6.07, 6.45) is 4.93. The van der Waals surface area contributed by atoms with Crippen LogP contribution in [0.25, 0.3) is 0 Å². The average Bonchev–Trinajstić information content (AvgIpc) is 2.17. The molecule has 0 amide bonds. The lowest BCUT2D eigenvalue weighted by Gasteiger charge is -2.09. The number of rotatable bonds is 2. The van der Waals surface area contributed by atoms with Crippen molar-refractivity contribution >= 4 is 12.2 Å². The molecule has 0 aliphatic heterocycles. The summed E-state index contributed by atoms with van der Waals surface area (Å²) in [6.45, 7) is 5.93. The van der Waals surface area contributed by atoms with E-state index < -0.39 is 0 Å². The number of nitriles is 1. The van der Waals surface area contributed by atoms with Gasteiger partial charge in [-0.2, -0.15) is 5.26 Å². The topological polar surface area (TPSA) is 39.6 Å². The van der Waals surface area contributed by atoms with E-state index in [4.69, 9.17) is 17.5 Å². The Balaban J connectivity index is 3.40. The first kappa shape index (κ1) is 11.7. The van der Waals surface area contributed by atoms with Gasteiger partial charge in [-0.15, -0.1) is 0 Å². The summed E-state index contributed by atoms with van der Waals surface area (Å²) < 4.78 is 0.539. The van der Waals surface area contributed by atoms with Crippen LogP contribution in [0.1, 0.15) is 29.3 Å². The van der Waals surface area contributed by atoms with Crippen LogP contribution in [0.15, 0.2) is 12.2 Å². The Morgan fingerprint density at radius 1 is 1.47 bits per heavy atom. The zero-order valence-electron chi connectivity index (χ0n) is 9.22. The fourth-order valence-electron chi connectivity index (χ4n) is 1.59. The maximum absolute atomic E-state index is 8.99. The third-order valence-electron chi connectivity index (χ3n) is 2.48. The molecule has 15 heavy (non-hydrogen) atoms.